The van der Waals surface area contributed by atoms with Gasteiger partial charge in [0.2, 0.25) is 15.9 Å². The molecule has 0 bridgehead atoms. The highest BCUT2D eigenvalue weighted by Gasteiger charge is 2.34. The van der Waals surface area contributed by atoms with Crippen molar-refractivity contribution in [3.63, 3.8) is 0 Å². The van der Waals surface area contributed by atoms with Crippen LogP contribution in [-0.2, 0) is 10.0 Å². The first-order valence-electron chi connectivity index (χ1n) is 4.85. The molecule has 2 rings (SSSR count). The lowest BCUT2D eigenvalue weighted by molar-refractivity contribution is 0.0724. The quantitative estimate of drug-likeness (QED) is 0.735. The summed E-state index contributed by atoms with van der Waals surface area (Å²) >= 11 is 0. The van der Waals surface area contributed by atoms with E-state index < -0.39 is 10.0 Å². The molecule has 1 aromatic rings. The predicted molar refractivity (Wildman–Crippen MR) is 57.6 cm³/mol. The van der Waals surface area contributed by atoms with E-state index in [1.807, 2.05) is 6.92 Å². The number of hydrogen-bond acceptors (Lipinski definition) is 5. The summed E-state index contributed by atoms with van der Waals surface area (Å²) in [6, 6.07) is 1.73. The molecule has 0 aliphatic carbocycles. The molecular weight excluding hydrogens is 230 g/mol. The van der Waals surface area contributed by atoms with E-state index in [9.17, 15) is 8.42 Å². The van der Waals surface area contributed by atoms with E-state index in [1.165, 1.54) is 16.9 Å². The fourth-order valence-electron chi connectivity index (χ4n) is 1.41. The highest BCUT2D eigenvalue weighted by Crippen LogP contribution is 2.18. The minimum Gasteiger partial charge on any atom is -0.471 e. The second kappa shape index (κ2) is 3.99. The van der Waals surface area contributed by atoms with Crippen molar-refractivity contribution >= 4 is 10.0 Å². The molecule has 6 nitrogen and oxygen atoms in total. The van der Waals surface area contributed by atoms with Gasteiger partial charge in [0.25, 0.3) is 0 Å². The van der Waals surface area contributed by atoms with Crippen LogP contribution in [0.1, 0.15) is 5.69 Å². The van der Waals surface area contributed by atoms with Gasteiger partial charge in [0.1, 0.15) is 12.4 Å². The van der Waals surface area contributed by atoms with Crippen LogP contribution in [0.2, 0.25) is 0 Å². The number of aromatic nitrogens is 2. The summed E-state index contributed by atoms with van der Waals surface area (Å²) in [5.74, 6) is 0.491. The van der Waals surface area contributed by atoms with Crippen LogP contribution >= 0.6 is 0 Å². The molecule has 1 fully saturated rings. The van der Waals surface area contributed by atoms with E-state index in [0.717, 1.165) is 5.69 Å². The molecule has 0 amide bonds. The predicted octanol–water partition coefficient (Wildman–Crippen LogP) is -0.192. The average molecular weight is 243 g/mol. The van der Waals surface area contributed by atoms with Crippen molar-refractivity contribution in [2.75, 3.05) is 19.3 Å². The second-order valence-corrected chi connectivity index (χ2v) is 5.80. The Morgan fingerprint density at radius 3 is 2.69 bits per heavy atom. The van der Waals surface area contributed by atoms with Crippen molar-refractivity contribution in [3.05, 3.63) is 18.1 Å². The number of nitrogens with zero attached hydrogens (tertiary/aromatic N) is 3. The molecule has 0 N–H and O–H groups in total. The highest BCUT2D eigenvalue weighted by molar-refractivity contribution is 7.88. The SMILES string of the molecule is Cc1cc(OC2CN(S(C)(=O)=O)C2)ncn1. The van der Waals surface area contributed by atoms with Crippen LogP contribution in [0.3, 0.4) is 0 Å². The Hall–Kier alpha value is -1.21. The highest BCUT2D eigenvalue weighted by atomic mass is 32.2. The summed E-state index contributed by atoms with van der Waals surface area (Å²) < 4.78 is 29.1. The monoisotopic (exact) mass is 243 g/mol. The Balaban J connectivity index is 1.91. The summed E-state index contributed by atoms with van der Waals surface area (Å²) in [6.45, 7) is 2.63. The minimum absolute atomic E-state index is 0.107. The van der Waals surface area contributed by atoms with Crippen LogP contribution in [0.25, 0.3) is 0 Å². The van der Waals surface area contributed by atoms with Gasteiger partial charge in [-0.1, -0.05) is 0 Å². The Kier molecular flexibility index (Phi) is 2.81. The Bertz CT molecular complexity index is 483. The molecule has 7 heteroatoms. The van der Waals surface area contributed by atoms with E-state index in [1.54, 1.807) is 6.07 Å². The zero-order valence-corrected chi connectivity index (χ0v) is 9.94. The molecule has 1 aliphatic rings. The summed E-state index contributed by atoms with van der Waals surface area (Å²) in [6.07, 6.45) is 2.51. The maximum Gasteiger partial charge on any atom is 0.216 e. The van der Waals surface area contributed by atoms with Crippen molar-refractivity contribution in [1.29, 1.82) is 0 Å². The molecule has 1 aromatic heterocycles. The number of sulfonamides is 1. The Labute approximate surface area is 94.3 Å². The maximum absolute atomic E-state index is 11.1. The van der Waals surface area contributed by atoms with Gasteiger partial charge < -0.3 is 4.74 Å². The van der Waals surface area contributed by atoms with E-state index in [4.69, 9.17) is 4.74 Å². The number of rotatable bonds is 3. The second-order valence-electron chi connectivity index (χ2n) is 3.82. The fourth-order valence-corrected chi connectivity index (χ4v) is 2.29. The van der Waals surface area contributed by atoms with Gasteiger partial charge in [-0.2, -0.15) is 4.31 Å². The lowest BCUT2D eigenvalue weighted by Crippen LogP contribution is -2.55. The first-order valence-corrected chi connectivity index (χ1v) is 6.70. The zero-order chi connectivity index (χ0) is 11.8. The van der Waals surface area contributed by atoms with E-state index in [-0.39, 0.29) is 6.10 Å². The summed E-state index contributed by atoms with van der Waals surface area (Å²) in [5.41, 5.74) is 0.823. The zero-order valence-electron chi connectivity index (χ0n) is 9.12. The van der Waals surface area contributed by atoms with Crippen molar-refractivity contribution in [2.24, 2.45) is 0 Å². The lowest BCUT2D eigenvalue weighted by Gasteiger charge is -2.36. The van der Waals surface area contributed by atoms with Crippen LogP contribution in [0, 0.1) is 6.92 Å². The smallest absolute Gasteiger partial charge is 0.216 e. The lowest BCUT2D eigenvalue weighted by atomic mass is 10.2. The largest absolute Gasteiger partial charge is 0.471 e. The molecule has 0 radical (unpaired) electrons. The van der Waals surface area contributed by atoms with Crippen LogP contribution in [-0.4, -0.2) is 48.1 Å². The molecule has 88 valence electrons. The van der Waals surface area contributed by atoms with Gasteiger partial charge in [0.05, 0.1) is 19.3 Å². The number of aryl methyl sites for hydroxylation is 1. The molecule has 0 aromatic carbocycles. The maximum atomic E-state index is 11.1. The fraction of sp³-hybridized carbons (Fsp3) is 0.556. The van der Waals surface area contributed by atoms with Gasteiger partial charge in [-0.25, -0.2) is 18.4 Å². The van der Waals surface area contributed by atoms with Crippen molar-refractivity contribution in [3.8, 4) is 5.88 Å². The first-order chi connectivity index (χ1) is 7.45. The molecule has 0 atom stereocenters. The normalized spacial score (nSPS) is 18.1. The third-order valence-electron chi connectivity index (χ3n) is 2.35. The third-order valence-corrected chi connectivity index (χ3v) is 3.59. The Morgan fingerprint density at radius 1 is 1.44 bits per heavy atom. The summed E-state index contributed by atoms with van der Waals surface area (Å²) in [5, 5.41) is 0. The van der Waals surface area contributed by atoms with Crippen molar-refractivity contribution in [2.45, 2.75) is 13.0 Å². The van der Waals surface area contributed by atoms with Crippen LogP contribution < -0.4 is 4.74 Å². The molecule has 1 aliphatic heterocycles. The van der Waals surface area contributed by atoms with Gasteiger partial charge in [-0.05, 0) is 6.92 Å². The number of ether oxygens (including phenoxy) is 1. The summed E-state index contributed by atoms with van der Waals surface area (Å²) in [7, 11) is -3.08. The van der Waals surface area contributed by atoms with Gasteiger partial charge in [-0.3, -0.25) is 0 Å². The van der Waals surface area contributed by atoms with E-state index >= 15 is 0 Å². The first kappa shape index (κ1) is 11.3. The van der Waals surface area contributed by atoms with Crippen LogP contribution in [0.5, 0.6) is 5.88 Å². The Morgan fingerprint density at radius 2 is 2.12 bits per heavy atom. The topological polar surface area (TPSA) is 72.4 Å². The van der Waals surface area contributed by atoms with Gasteiger partial charge in [0, 0.05) is 11.8 Å². The molecule has 0 unspecified atom stereocenters. The number of hydrogen-bond donors (Lipinski definition) is 0. The minimum atomic E-state index is -3.08. The van der Waals surface area contributed by atoms with Gasteiger partial charge in [0.15, 0.2) is 0 Å². The van der Waals surface area contributed by atoms with E-state index in [2.05, 4.69) is 9.97 Å². The van der Waals surface area contributed by atoms with Gasteiger partial charge >= 0.3 is 0 Å². The summed E-state index contributed by atoms with van der Waals surface area (Å²) in [4.78, 5) is 7.90. The molecular formula is C9H13N3O3S. The van der Waals surface area contributed by atoms with E-state index in [0.29, 0.717) is 19.0 Å². The molecule has 16 heavy (non-hydrogen) atoms. The third kappa shape index (κ3) is 2.48. The molecule has 2 heterocycles. The van der Waals surface area contributed by atoms with Crippen molar-refractivity contribution < 1.29 is 13.2 Å². The molecule has 0 spiro atoms. The molecule has 0 saturated carbocycles. The standard InChI is InChI=1S/C9H13N3O3S/c1-7-3-9(11-6-10-7)15-8-4-12(5-8)16(2,13)14/h3,6,8H,4-5H2,1-2H3. The van der Waals surface area contributed by atoms with Gasteiger partial charge in [-0.15, -0.1) is 0 Å². The molecule has 1 saturated heterocycles. The average Bonchev–Trinajstić information content (AvgIpc) is 2.08. The van der Waals surface area contributed by atoms with Crippen LogP contribution in [0.4, 0.5) is 0 Å². The van der Waals surface area contributed by atoms with Crippen molar-refractivity contribution in [1.82, 2.24) is 14.3 Å². The van der Waals surface area contributed by atoms with Crippen LogP contribution in [0.15, 0.2) is 12.4 Å².